The van der Waals surface area contributed by atoms with Gasteiger partial charge >= 0.3 is 6.43 Å². The van der Waals surface area contributed by atoms with E-state index in [2.05, 4.69) is 61.6 Å². The Labute approximate surface area is 188 Å². The third-order valence-electron chi connectivity index (χ3n) is 6.45. The van der Waals surface area contributed by atoms with Gasteiger partial charge in [0.25, 0.3) is 5.89 Å². The van der Waals surface area contributed by atoms with Gasteiger partial charge in [-0.2, -0.15) is 8.78 Å². The second-order valence-electron chi connectivity index (χ2n) is 8.52. The van der Waals surface area contributed by atoms with Gasteiger partial charge in [0.15, 0.2) is 0 Å². The van der Waals surface area contributed by atoms with E-state index in [-0.39, 0.29) is 5.89 Å². The van der Waals surface area contributed by atoms with Crippen molar-refractivity contribution in [1.82, 2.24) is 30.1 Å². The van der Waals surface area contributed by atoms with Gasteiger partial charge in [-0.15, -0.1) is 15.3 Å². The summed E-state index contributed by atoms with van der Waals surface area (Å²) in [4.78, 5) is 4.85. The summed E-state index contributed by atoms with van der Waals surface area (Å²) in [6.07, 6.45) is -0.855. The number of likely N-dealkylation sites (tertiary alicyclic amines) is 1. The summed E-state index contributed by atoms with van der Waals surface area (Å²) in [5.74, 6) is -0.607. The molecular weight excluding hydrogens is 428 g/mol. The van der Waals surface area contributed by atoms with Gasteiger partial charge in [0, 0.05) is 35.9 Å². The fourth-order valence-electron chi connectivity index (χ4n) is 4.50. The largest absolute Gasteiger partial charge is 0.415 e. The normalized spacial score (nSPS) is 19.9. The molecule has 2 aliphatic heterocycles. The molecule has 0 N–H and O–H groups in total. The molecule has 2 fully saturated rings. The van der Waals surface area contributed by atoms with Gasteiger partial charge in [-0.25, -0.2) is 4.68 Å². The molecule has 0 amide bonds. The lowest BCUT2D eigenvalue weighted by Gasteiger charge is -2.62. The Kier molecular flexibility index (Phi) is 4.68. The zero-order valence-corrected chi connectivity index (χ0v) is 17.8. The number of hydrogen-bond acceptors (Lipinski definition) is 7. The van der Waals surface area contributed by atoms with Crippen LogP contribution >= 0.6 is 0 Å². The molecule has 2 saturated heterocycles. The molecule has 6 rings (SSSR count). The van der Waals surface area contributed by atoms with E-state index in [1.165, 1.54) is 5.69 Å². The number of anilines is 1. The van der Waals surface area contributed by atoms with E-state index in [0.29, 0.717) is 24.2 Å². The minimum Gasteiger partial charge on any atom is -0.415 e. The Bertz CT molecular complexity index is 1290. The topological polar surface area (TPSA) is 76.1 Å². The van der Waals surface area contributed by atoms with Gasteiger partial charge in [-0.1, -0.05) is 29.5 Å². The van der Waals surface area contributed by atoms with Gasteiger partial charge in [0.05, 0.1) is 18.8 Å². The van der Waals surface area contributed by atoms with Crippen LogP contribution in [0.2, 0.25) is 0 Å². The minimum absolute atomic E-state index is 0.0712. The van der Waals surface area contributed by atoms with Gasteiger partial charge in [0.1, 0.15) is 5.69 Å². The van der Waals surface area contributed by atoms with Crippen LogP contribution in [0.4, 0.5) is 14.5 Å². The first-order valence-electron chi connectivity index (χ1n) is 10.7. The average Bonchev–Trinajstić information content (AvgIpc) is 3.48. The maximum absolute atomic E-state index is 12.6. The summed E-state index contributed by atoms with van der Waals surface area (Å²) in [6.45, 7) is 2.71. The molecule has 2 aromatic carbocycles. The van der Waals surface area contributed by atoms with Crippen molar-refractivity contribution >= 4 is 5.69 Å². The van der Waals surface area contributed by atoms with Crippen molar-refractivity contribution in [3.8, 4) is 22.7 Å². The SMILES string of the molecule is CN1C[C@@H]2C1CN2c1cccc(-c2cn(Cc3ccc(-c4nnc(C(F)F)o4)cc3)nn2)c1. The molecule has 0 spiro atoms. The third kappa shape index (κ3) is 3.56. The number of rotatable bonds is 6. The molecule has 1 unspecified atom stereocenters. The number of benzene rings is 2. The van der Waals surface area contributed by atoms with Crippen molar-refractivity contribution in [3.63, 3.8) is 0 Å². The van der Waals surface area contributed by atoms with E-state index >= 15 is 0 Å². The first-order chi connectivity index (χ1) is 16.0. The van der Waals surface area contributed by atoms with Crippen LogP contribution in [0.25, 0.3) is 22.7 Å². The first kappa shape index (κ1) is 20.0. The number of fused-ring (bicyclic) bond motifs is 1. The van der Waals surface area contributed by atoms with Crippen LogP contribution in [0.3, 0.4) is 0 Å². The lowest BCUT2D eigenvalue weighted by atomic mass is 9.85. The molecule has 4 heterocycles. The van der Waals surface area contributed by atoms with E-state index in [0.717, 1.165) is 29.9 Å². The molecule has 0 bridgehead atoms. The summed E-state index contributed by atoms with van der Waals surface area (Å²) in [5.41, 5.74) is 4.65. The standard InChI is InChI=1S/C23H21F2N7O/c1-30-12-20-19(30)13-32(20)17-4-2-3-16(9-17)18-11-31(29-26-18)10-14-5-7-15(8-6-14)22-27-28-23(33-22)21(24)25/h2-9,11,19-21H,10,12-13H2,1H3/t19?,20-/m1/s1. The molecule has 0 aliphatic carbocycles. The molecule has 10 heteroatoms. The average molecular weight is 449 g/mol. The molecule has 8 nitrogen and oxygen atoms in total. The summed E-state index contributed by atoms with van der Waals surface area (Å²) in [6, 6.07) is 17.0. The summed E-state index contributed by atoms with van der Waals surface area (Å²) >= 11 is 0. The van der Waals surface area contributed by atoms with E-state index in [1.807, 2.05) is 18.3 Å². The highest BCUT2D eigenvalue weighted by Gasteiger charge is 2.49. The second-order valence-corrected chi connectivity index (χ2v) is 8.52. The Morgan fingerprint density at radius 2 is 1.85 bits per heavy atom. The highest BCUT2D eigenvalue weighted by molar-refractivity contribution is 5.66. The smallest absolute Gasteiger partial charge is 0.314 e. The number of alkyl halides is 2. The van der Waals surface area contributed by atoms with Crippen LogP contribution in [0.5, 0.6) is 0 Å². The van der Waals surface area contributed by atoms with Crippen molar-refractivity contribution < 1.29 is 13.2 Å². The second kappa shape index (κ2) is 7.73. The molecule has 2 aromatic heterocycles. The van der Waals surface area contributed by atoms with Crippen molar-refractivity contribution in [2.75, 3.05) is 25.0 Å². The fourth-order valence-corrected chi connectivity index (χ4v) is 4.50. The summed E-state index contributed by atoms with van der Waals surface area (Å²) in [7, 11) is 2.18. The molecule has 0 saturated carbocycles. The number of aromatic nitrogens is 5. The maximum Gasteiger partial charge on any atom is 0.314 e. The molecular formula is C23H21F2N7O. The predicted molar refractivity (Wildman–Crippen MR) is 117 cm³/mol. The van der Waals surface area contributed by atoms with E-state index < -0.39 is 12.3 Å². The molecule has 4 aromatic rings. The Morgan fingerprint density at radius 1 is 1.00 bits per heavy atom. The third-order valence-corrected chi connectivity index (χ3v) is 6.45. The van der Waals surface area contributed by atoms with E-state index in [1.54, 1.807) is 16.8 Å². The van der Waals surface area contributed by atoms with Crippen molar-refractivity contribution in [1.29, 1.82) is 0 Å². The van der Waals surface area contributed by atoms with E-state index in [9.17, 15) is 8.78 Å². The van der Waals surface area contributed by atoms with Crippen LogP contribution < -0.4 is 4.90 Å². The number of likely N-dealkylation sites (N-methyl/N-ethyl adjacent to an activating group) is 1. The maximum atomic E-state index is 12.6. The zero-order chi connectivity index (χ0) is 22.5. The van der Waals surface area contributed by atoms with Gasteiger partial charge < -0.3 is 9.32 Å². The van der Waals surface area contributed by atoms with Crippen molar-refractivity contribution in [2.24, 2.45) is 0 Å². The Balaban J connectivity index is 1.14. The van der Waals surface area contributed by atoms with Gasteiger partial charge in [-0.05, 0) is 36.9 Å². The van der Waals surface area contributed by atoms with Gasteiger partial charge in [-0.3, -0.25) is 4.90 Å². The number of halogens is 2. The van der Waals surface area contributed by atoms with Crippen molar-refractivity contribution in [3.05, 3.63) is 66.2 Å². The predicted octanol–water partition coefficient (Wildman–Crippen LogP) is 3.48. The van der Waals surface area contributed by atoms with Crippen LogP contribution in [0.15, 0.2) is 59.1 Å². The van der Waals surface area contributed by atoms with Crippen molar-refractivity contribution in [2.45, 2.75) is 25.1 Å². The first-order valence-corrected chi connectivity index (χ1v) is 10.7. The lowest BCUT2D eigenvalue weighted by Crippen LogP contribution is -2.78. The number of piperazine rings is 1. The number of nitrogens with zero attached hydrogens (tertiary/aromatic N) is 7. The van der Waals surface area contributed by atoms with Crippen LogP contribution in [-0.2, 0) is 6.54 Å². The zero-order valence-electron chi connectivity index (χ0n) is 17.8. The molecule has 168 valence electrons. The lowest BCUT2D eigenvalue weighted by molar-refractivity contribution is 0.0369. The molecule has 0 radical (unpaired) electrons. The highest BCUT2D eigenvalue weighted by Crippen LogP contribution is 2.37. The van der Waals surface area contributed by atoms with Crippen LogP contribution in [-0.4, -0.2) is 62.3 Å². The van der Waals surface area contributed by atoms with Crippen LogP contribution in [0.1, 0.15) is 17.9 Å². The molecule has 2 atom stereocenters. The monoisotopic (exact) mass is 449 g/mol. The van der Waals surface area contributed by atoms with E-state index in [4.69, 9.17) is 4.42 Å². The summed E-state index contributed by atoms with van der Waals surface area (Å²) < 4.78 is 32.1. The quantitative estimate of drug-likeness (QED) is 0.446. The fraction of sp³-hybridized carbons (Fsp3) is 0.304. The highest BCUT2D eigenvalue weighted by atomic mass is 19.3. The Morgan fingerprint density at radius 3 is 2.55 bits per heavy atom. The van der Waals surface area contributed by atoms with Crippen LogP contribution in [0, 0.1) is 0 Å². The molecule has 2 aliphatic rings. The minimum atomic E-state index is -2.78. The number of hydrogen-bond donors (Lipinski definition) is 0. The Hall–Kier alpha value is -3.66. The van der Waals surface area contributed by atoms with Gasteiger partial charge in [0.2, 0.25) is 5.89 Å². The molecule has 33 heavy (non-hydrogen) atoms. The summed E-state index contributed by atoms with van der Waals surface area (Å²) in [5, 5.41) is 15.7.